The molecule has 0 radical (unpaired) electrons. The number of alkyl carbamates (subject to hydrolysis) is 2. The fourth-order valence-electron chi connectivity index (χ4n) is 1.53. The average molecular weight is 329 g/mol. The van der Waals surface area contributed by atoms with Gasteiger partial charge in [-0.15, -0.1) is 0 Å². The van der Waals surface area contributed by atoms with E-state index >= 15 is 0 Å². The Kier molecular flexibility index (Phi) is 8.50. The highest BCUT2D eigenvalue weighted by molar-refractivity contribution is 5.68. The molecule has 2 N–H and O–H groups in total. The summed E-state index contributed by atoms with van der Waals surface area (Å²) in [6.07, 6.45) is 0.759. The lowest BCUT2D eigenvalue weighted by Gasteiger charge is -2.23. The molecule has 0 atom stereocenters. The van der Waals surface area contributed by atoms with Crippen molar-refractivity contribution in [2.24, 2.45) is 0 Å². The van der Waals surface area contributed by atoms with E-state index in [1.54, 1.807) is 6.20 Å². The summed E-state index contributed by atoms with van der Waals surface area (Å²) in [6, 6.07) is 0. The number of rotatable bonds is 7. The molecule has 0 bridgehead atoms. The number of carbonyl (C=O) groups excluding carboxylic acids is 2. The Morgan fingerprint density at radius 1 is 0.913 bits per heavy atom. The van der Waals surface area contributed by atoms with Gasteiger partial charge in [0.25, 0.3) is 0 Å². The first kappa shape index (κ1) is 21.1. The molecule has 0 heterocycles. The van der Waals surface area contributed by atoms with Gasteiger partial charge in [0, 0.05) is 26.2 Å². The smallest absolute Gasteiger partial charge is 0.407 e. The minimum Gasteiger partial charge on any atom is -0.444 e. The third-order valence-corrected chi connectivity index (χ3v) is 2.39. The van der Waals surface area contributed by atoms with Crippen LogP contribution in [0.15, 0.2) is 12.8 Å². The molecule has 0 unspecified atom stereocenters. The van der Waals surface area contributed by atoms with Crippen molar-refractivity contribution < 1.29 is 19.1 Å². The summed E-state index contributed by atoms with van der Waals surface area (Å²) in [5.41, 5.74) is -1.03. The van der Waals surface area contributed by atoms with E-state index in [9.17, 15) is 9.59 Å². The maximum atomic E-state index is 11.5. The van der Waals surface area contributed by atoms with E-state index in [-0.39, 0.29) is 0 Å². The summed E-state index contributed by atoms with van der Waals surface area (Å²) < 4.78 is 10.3. The van der Waals surface area contributed by atoms with E-state index in [0.717, 1.165) is 0 Å². The van der Waals surface area contributed by atoms with Crippen molar-refractivity contribution in [1.82, 2.24) is 15.5 Å². The zero-order chi connectivity index (χ0) is 18.1. The van der Waals surface area contributed by atoms with Crippen LogP contribution in [0, 0.1) is 0 Å². The van der Waals surface area contributed by atoms with Gasteiger partial charge in [0.05, 0.1) is 0 Å². The number of nitrogens with one attached hydrogen (secondary N) is 2. The Labute approximate surface area is 139 Å². The van der Waals surface area contributed by atoms with Crippen LogP contribution in [0.5, 0.6) is 0 Å². The second-order valence-corrected chi connectivity index (χ2v) is 7.08. The summed E-state index contributed by atoms with van der Waals surface area (Å²) >= 11 is 0. The highest BCUT2D eigenvalue weighted by atomic mass is 16.6. The van der Waals surface area contributed by atoms with Gasteiger partial charge in [0.2, 0.25) is 0 Å². The highest BCUT2D eigenvalue weighted by Gasteiger charge is 2.16. The van der Waals surface area contributed by atoms with E-state index in [0.29, 0.717) is 26.2 Å². The zero-order valence-corrected chi connectivity index (χ0v) is 15.2. The van der Waals surface area contributed by atoms with Gasteiger partial charge in [-0.05, 0) is 47.7 Å². The lowest BCUT2D eigenvalue weighted by Crippen LogP contribution is -2.39. The van der Waals surface area contributed by atoms with Crippen LogP contribution in [0.2, 0.25) is 0 Å². The topological polar surface area (TPSA) is 79.9 Å². The number of amides is 2. The third-order valence-electron chi connectivity index (χ3n) is 2.39. The van der Waals surface area contributed by atoms with Gasteiger partial charge in [-0.2, -0.15) is 0 Å². The fourth-order valence-corrected chi connectivity index (χ4v) is 1.53. The van der Waals surface area contributed by atoms with E-state index in [2.05, 4.69) is 17.2 Å². The first-order chi connectivity index (χ1) is 10.4. The van der Waals surface area contributed by atoms with E-state index in [1.807, 2.05) is 46.4 Å². The molecule has 0 aliphatic carbocycles. The first-order valence-electron chi connectivity index (χ1n) is 7.73. The van der Waals surface area contributed by atoms with Crippen molar-refractivity contribution >= 4 is 12.2 Å². The summed E-state index contributed by atoms with van der Waals surface area (Å²) in [5.74, 6) is 0. The molecule has 0 aliphatic rings. The zero-order valence-electron chi connectivity index (χ0n) is 15.2. The molecule has 0 aromatic rings. The second kappa shape index (κ2) is 9.27. The molecule has 0 aromatic carbocycles. The van der Waals surface area contributed by atoms with Crippen LogP contribution in [0.3, 0.4) is 0 Å². The molecule has 134 valence electrons. The molecule has 0 rings (SSSR count). The lowest BCUT2D eigenvalue weighted by atomic mass is 10.2. The van der Waals surface area contributed by atoms with Crippen LogP contribution in [0.1, 0.15) is 41.5 Å². The molecule has 7 heteroatoms. The Balaban J connectivity index is 3.93. The number of carbonyl (C=O) groups is 2. The monoisotopic (exact) mass is 329 g/mol. The number of ether oxygens (including phenoxy) is 2. The Bertz CT molecular complexity index is 363. The molecule has 2 amide bonds. The Hall–Kier alpha value is -1.92. The van der Waals surface area contributed by atoms with Gasteiger partial charge in [0.1, 0.15) is 11.2 Å². The maximum absolute atomic E-state index is 11.5. The average Bonchev–Trinajstić information content (AvgIpc) is 2.32. The minimum atomic E-state index is -0.514. The van der Waals surface area contributed by atoms with Crippen molar-refractivity contribution in [1.29, 1.82) is 0 Å². The lowest BCUT2D eigenvalue weighted by molar-refractivity contribution is 0.0520. The fraction of sp³-hybridized carbons (Fsp3) is 0.750. The van der Waals surface area contributed by atoms with Crippen molar-refractivity contribution in [3.63, 3.8) is 0 Å². The van der Waals surface area contributed by atoms with Crippen LogP contribution in [-0.2, 0) is 9.47 Å². The standard InChI is InChI=1S/C16H31N3O4/c1-8-19(11-9-17-13(20)22-15(2,3)4)12-10-18-14(21)23-16(5,6)7/h8H,1,9-12H2,2-7H3,(H,17,20)(H,18,21). The molecule has 0 fully saturated rings. The largest absolute Gasteiger partial charge is 0.444 e. The van der Waals surface area contributed by atoms with Crippen molar-refractivity contribution in [3.05, 3.63) is 12.8 Å². The minimum absolute atomic E-state index is 0.424. The second-order valence-electron chi connectivity index (χ2n) is 7.08. The molecule has 0 aliphatic heterocycles. The maximum Gasteiger partial charge on any atom is 0.407 e. The van der Waals surface area contributed by atoms with Gasteiger partial charge >= 0.3 is 12.2 Å². The van der Waals surface area contributed by atoms with Gasteiger partial charge in [0.15, 0.2) is 0 Å². The number of hydrogen-bond acceptors (Lipinski definition) is 5. The quantitative estimate of drug-likeness (QED) is 0.750. The third kappa shape index (κ3) is 13.5. The SMILES string of the molecule is C=CN(CCNC(=O)OC(C)(C)C)CCNC(=O)OC(C)(C)C. The van der Waals surface area contributed by atoms with Crippen molar-refractivity contribution in [2.75, 3.05) is 26.2 Å². The predicted molar refractivity (Wildman–Crippen MR) is 90.2 cm³/mol. The van der Waals surface area contributed by atoms with Crippen molar-refractivity contribution in [3.8, 4) is 0 Å². The van der Waals surface area contributed by atoms with Crippen LogP contribution in [-0.4, -0.2) is 54.5 Å². The summed E-state index contributed by atoms with van der Waals surface area (Å²) in [4.78, 5) is 24.9. The van der Waals surface area contributed by atoms with Crippen LogP contribution in [0.4, 0.5) is 9.59 Å². The Morgan fingerprint density at radius 3 is 1.52 bits per heavy atom. The molecule has 7 nitrogen and oxygen atoms in total. The number of nitrogens with zero attached hydrogens (tertiary/aromatic N) is 1. The van der Waals surface area contributed by atoms with Gasteiger partial charge in [-0.1, -0.05) is 6.58 Å². The van der Waals surface area contributed by atoms with E-state index < -0.39 is 23.4 Å². The molecule has 0 aromatic heterocycles. The molecule has 0 spiro atoms. The normalized spacial score (nSPS) is 11.4. The Morgan fingerprint density at radius 2 is 1.26 bits per heavy atom. The molecule has 0 saturated carbocycles. The van der Waals surface area contributed by atoms with Gasteiger partial charge < -0.3 is 25.0 Å². The summed E-state index contributed by atoms with van der Waals surface area (Å²) in [7, 11) is 0. The van der Waals surface area contributed by atoms with E-state index in [4.69, 9.17) is 9.47 Å². The predicted octanol–water partition coefficient (Wildman–Crippen LogP) is 2.48. The van der Waals surface area contributed by atoms with Crippen LogP contribution >= 0.6 is 0 Å². The first-order valence-corrected chi connectivity index (χ1v) is 7.73. The highest BCUT2D eigenvalue weighted by Crippen LogP contribution is 2.06. The van der Waals surface area contributed by atoms with Crippen LogP contribution < -0.4 is 10.6 Å². The molecule has 23 heavy (non-hydrogen) atoms. The molecular formula is C16H31N3O4. The molecule has 0 saturated heterocycles. The van der Waals surface area contributed by atoms with Gasteiger partial charge in [-0.3, -0.25) is 0 Å². The van der Waals surface area contributed by atoms with E-state index in [1.165, 1.54) is 0 Å². The molecular weight excluding hydrogens is 298 g/mol. The van der Waals surface area contributed by atoms with Crippen molar-refractivity contribution in [2.45, 2.75) is 52.7 Å². The van der Waals surface area contributed by atoms with Crippen LogP contribution in [0.25, 0.3) is 0 Å². The summed E-state index contributed by atoms with van der Waals surface area (Å²) in [5, 5.41) is 5.34. The number of hydrogen-bond donors (Lipinski definition) is 2. The van der Waals surface area contributed by atoms with Gasteiger partial charge in [-0.25, -0.2) is 9.59 Å². The summed E-state index contributed by atoms with van der Waals surface area (Å²) in [6.45, 7) is 16.6.